The van der Waals surface area contributed by atoms with Gasteiger partial charge in [0.1, 0.15) is 0 Å². The van der Waals surface area contributed by atoms with Crippen LogP contribution >= 0.6 is 11.6 Å². The molecular formula is C19H19ClF3NO4S. The Balaban J connectivity index is 2.06. The highest BCUT2D eigenvalue weighted by Crippen LogP contribution is 2.42. The van der Waals surface area contributed by atoms with Crippen molar-refractivity contribution >= 4 is 21.6 Å². The van der Waals surface area contributed by atoms with E-state index in [2.05, 4.69) is 0 Å². The van der Waals surface area contributed by atoms with Crippen molar-refractivity contribution in [1.29, 1.82) is 0 Å². The first kappa shape index (κ1) is 21.7. The average Bonchev–Trinajstić information content (AvgIpc) is 3.17. The fraction of sp³-hybridized carbons (Fsp3) is 0.368. The van der Waals surface area contributed by atoms with Crippen molar-refractivity contribution < 1.29 is 31.1 Å². The van der Waals surface area contributed by atoms with Gasteiger partial charge in [-0.25, -0.2) is 8.42 Å². The molecule has 0 bridgehead atoms. The summed E-state index contributed by atoms with van der Waals surface area (Å²) in [6, 6.07) is 7.04. The fourth-order valence-electron chi connectivity index (χ4n) is 3.50. The van der Waals surface area contributed by atoms with Crippen molar-refractivity contribution in [2.24, 2.45) is 0 Å². The van der Waals surface area contributed by atoms with Crippen LogP contribution in [0, 0.1) is 0 Å². The summed E-state index contributed by atoms with van der Waals surface area (Å²) in [5.41, 5.74) is -0.658. The quantitative estimate of drug-likeness (QED) is 0.651. The van der Waals surface area contributed by atoms with Gasteiger partial charge in [-0.05, 0) is 48.7 Å². The normalized spacial score (nSPS) is 18.1. The number of alkyl halides is 3. The predicted molar refractivity (Wildman–Crippen MR) is 102 cm³/mol. The van der Waals surface area contributed by atoms with E-state index in [4.69, 9.17) is 21.1 Å². The third-order valence-electron chi connectivity index (χ3n) is 4.83. The van der Waals surface area contributed by atoms with Crippen LogP contribution in [0.3, 0.4) is 0 Å². The third kappa shape index (κ3) is 4.17. The van der Waals surface area contributed by atoms with Crippen LogP contribution < -0.4 is 9.47 Å². The molecule has 0 N–H and O–H groups in total. The minimum atomic E-state index is -4.86. The lowest BCUT2D eigenvalue weighted by Gasteiger charge is -2.26. The van der Waals surface area contributed by atoms with E-state index in [1.54, 1.807) is 18.2 Å². The third-order valence-corrected chi connectivity index (χ3v) is 7.03. The Morgan fingerprint density at radius 2 is 1.76 bits per heavy atom. The Kier molecular flexibility index (Phi) is 6.03. The molecule has 2 aromatic rings. The van der Waals surface area contributed by atoms with Crippen molar-refractivity contribution in [3.05, 3.63) is 52.5 Å². The monoisotopic (exact) mass is 449 g/mol. The van der Waals surface area contributed by atoms with Crippen molar-refractivity contribution in [3.63, 3.8) is 0 Å². The zero-order valence-corrected chi connectivity index (χ0v) is 17.2. The molecule has 1 unspecified atom stereocenters. The molecule has 0 saturated carbocycles. The number of methoxy groups -OCH3 is 2. The zero-order valence-electron chi connectivity index (χ0n) is 15.7. The fourth-order valence-corrected chi connectivity index (χ4v) is 5.54. The molecule has 1 atom stereocenters. The summed E-state index contributed by atoms with van der Waals surface area (Å²) in [7, 11) is -1.49. The van der Waals surface area contributed by atoms with E-state index >= 15 is 0 Å². The highest BCUT2D eigenvalue weighted by Gasteiger charge is 2.42. The second-order valence-corrected chi connectivity index (χ2v) is 8.82. The molecule has 0 radical (unpaired) electrons. The predicted octanol–water partition coefficient (Wildman–Crippen LogP) is 4.90. The maximum Gasteiger partial charge on any atom is 0.417 e. The molecule has 1 aliphatic heterocycles. The number of halogens is 4. The summed E-state index contributed by atoms with van der Waals surface area (Å²) in [5, 5.41) is -0.186. The smallest absolute Gasteiger partial charge is 0.417 e. The largest absolute Gasteiger partial charge is 0.493 e. The van der Waals surface area contributed by atoms with E-state index in [9.17, 15) is 21.6 Å². The molecule has 10 heteroatoms. The van der Waals surface area contributed by atoms with Crippen LogP contribution in [0.1, 0.15) is 30.0 Å². The highest BCUT2D eigenvalue weighted by molar-refractivity contribution is 7.89. The average molecular weight is 450 g/mol. The molecule has 0 aliphatic carbocycles. The number of hydrogen-bond acceptors (Lipinski definition) is 4. The molecule has 5 nitrogen and oxygen atoms in total. The number of nitrogens with zero attached hydrogens (tertiary/aromatic N) is 1. The minimum Gasteiger partial charge on any atom is -0.493 e. The van der Waals surface area contributed by atoms with Gasteiger partial charge in [0.2, 0.25) is 10.0 Å². The molecule has 1 fully saturated rings. The number of ether oxygens (including phenoxy) is 2. The first-order chi connectivity index (χ1) is 13.6. The Hall–Kier alpha value is -1.97. The van der Waals surface area contributed by atoms with Gasteiger partial charge in [-0.1, -0.05) is 17.7 Å². The second-order valence-electron chi connectivity index (χ2n) is 6.53. The first-order valence-electron chi connectivity index (χ1n) is 8.70. The lowest BCUT2D eigenvalue weighted by Crippen LogP contribution is -2.32. The molecule has 3 rings (SSSR count). The minimum absolute atomic E-state index is 0.112. The number of sulfonamides is 1. The zero-order chi connectivity index (χ0) is 21.4. The van der Waals surface area contributed by atoms with Gasteiger partial charge >= 0.3 is 6.18 Å². The molecule has 0 amide bonds. The SMILES string of the molecule is COc1ccc(C2CCCN2S(=O)(=O)c2ccc(Cl)cc2C(F)(F)F)cc1OC. The van der Waals surface area contributed by atoms with Gasteiger partial charge in [-0.15, -0.1) is 0 Å². The van der Waals surface area contributed by atoms with E-state index in [0.717, 1.165) is 16.4 Å². The van der Waals surface area contributed by atoms with E-state index in [1.807, 2.05) is 0 Å². The Bertz CT molecular complexity index is 1010. The maximum absolute atomic E-state index is 13.5. The molecule has 0 spiro atoms. The standard InChI is InChI=1S/C19H19ClF3NO4S/c1-27-16-7-5-12(10-17(16)28-2)15-4-3-9-24(15)29(25,26)18-8-6-13(20)11-14(18)19(21,22)23/h5-8,10-11,15H,3-4,9H2,1-2H3. The Morgan fingerprint density at radius 3 is 2.38 bits per heavy atom. The summed E-state index contributed by atoms with van der Waals surface area (Å²) in [5.74, 6) is 0.887. The highest BCUT2D eigenvalue weighted by atomic mass is 35.5. The van der Waals surface area contributed by atoms with E-state index < -0.39 is 32.7 Å². The maximum atomic E-state index is 13.5. The molecule has 1 saturated heterocycles. The lowest BCUT2D eigenvalue weighted by atomic mass is 10.0. The molecular weight excluding hydrogens is 431 g/mol. The molecule has 29 heavy (non-hydrogen) atoms. The number of hydrogen-bond donors (Lipinski definition) is 0. The Morgan fingerprint density at radius 1 is 1.07 bits per heavy atom. The second kappa shape index (κ2) is 8.04. The summed E-state index contributed by atoms with van der Waals surface area (Å²) >= 11 is 5.68. The molecule has 2 aromatic carbocycles. The van der Waals surface area contributed by atoms with Crippen LogP contribution in [0.15, 0.2) is 41.3 Å². The molecule has 1 heterocycles. The molecule has 1 aliphatic rings. The van der Waals surface area contributed by atoms with Crippen molar-refractivity contribution in [2.45, 2.75) is 30.0 Å². The van der Waals surface area contributed by atoms with Gasteiger partial charge in [-0.2, -0.15) is 17.5 Å². The van der Waals surface area contributed by atoms with E-state index in [-0.39, 0.29) is 11.6 Å². The van der Waals surface area contributed by atoms with Crippen LogP contribution in [0.25, 0.3) is 0 Å². The molecule has 0 aromatic heterocycles. The Labute approximate surface area is 172 Å². The number of rotatable bonds is 5. The van der Waals surface area contributed by atoms with Crippen LogP contribution in [-0.2, 0) is 16.2 Å². The van der Waals surface area contributed by atoms with Gasteiger partial charge < -0.3 is 9.47 Å². The number of benzene rings is 2. The molecule has 158 valence electrons. The summed E-state index contributed by atoms with van der Waals surface area (Å²) in [6.07, 6.45) is -3.86. The van der Waals surface area contributed by atoms with E-state index in [1.165, 1.54) is 14.2 Å². The van der Waals surface area contributed by atoms with Crippen LogP contribution in [0.5, 0.6) is 11.5 Å². The van der Waals surface area contributed by atoms with Crippen molar-refractivity contribution in [3.8, 4) is 11.5 Å². The van der Waals surface area contributed by atoms with Gasteiger partial charge in [0, 0.05) is 11.6 Å². The van der Waals surface area contributed by atoms with Crippen molar-refractivity contribution in [1.82, 2.24) is 4.31 Å². The first-order valence-corrected chi connectivity index (χ1v) is 10.5. The van der Waals surface area contributed by atoms with Crippen LogP contribution in [0.4, 0.5) is 13.2 Å². The van der Waals surface area contributed by atoms with Gasteiger partial charge in [0.25, 0.3) is 0 Å². The summed E-state index contributed by atoms with van der Waals surface area (Å²) in [4.78, 5) is -0.804. The van der Waals surface area contributed by atoms with E-state index in [0.29, 0.717) is 36.0 Å². The summed E-state index contributed by atoms with van der Waals surface area (Å²) < 4.78 is 78.4. The van der Waals surface area contributed by atoms with Gasteiger partial charge in [0.05, 0.1) is 30.7 Å². The van der Waals surface area contributed by atoms with Gasteiger partial charge in [0.15, 0.2) is 11.5 Å². The summed E-state index contributed by atoms with van der Waals surface area (Å²) in [6.45, 7) is 0.112. The topological polar surface area (TPSA) is 55.8 Å². The lowest BCUT2D eigenvalue weighted by molar-refractivity contribution is -0.139. The van der Waals surface area contributed by atoms with Gasteiger partial charge in [-0.3, -0.25) is 0 Å². The van der Waals surface area contributed by atoms with Crippen molar-refractivity contribution in [2.75, 3.05) is 20.8 Å². The van der Waals surface area contributed by atoms with Crippen LogP contribution in [-0.4, -0.2) is 33.5 Å². The van der Waals surface area contributed by atoms with Crippen LogP contribution in [0.2, 0.25) is 5.02 Å².